The van der Waals surface area contributed by atoms with E-state index in [2.05, 4.69) is 9.71 Å². The van der Waals surface area contributed by atoms with E-state index in [0.717, 1.165) is 11.1 Å². The molecule has 0 bridgehead atoms. The molecule has 9 heteroatoms. The van der Waals surface area contributed by atoms with Gasteiger partial charge in [-0.3, -0.25) is 4.40 Å². The predicted molar refractivity (Wildman–Crippen MR) is 80.6 cm³/mol. The number of sulfonamides is 1. The van der Waals surface area contributed by atoms with Gasteiger partial charge in [-0.05, 0) is 28.8 Å². The number of aromatic nitrogens is 2. The lowest BCUT2D eigenvalue weighted by Crippen LogP contribution is -2.25. The minimum atomic E-state index is -3.70. The smallest absolute Gasteiger partial charge is 0.260 e. The van der Waals surface area contributed by atoms with E-state index in [9.17, 15) is 8.42 Å². The number of nitrogens with two attached hydrogens (primary N) is 1. The Balaban J connectivity index is 1.94. The molecule has 6 nitrogen and oxygen atoms in total. The van der Waals surface area contributed by atoms with E-state index >= 15 is 0 Å². The van der Waals surface area contributed by atoms with Crippen molar-refractivity contribution in [2.24, 2.45) is 0 Å². The summed E-state index contributed by atoms with van der Waals surface area (Å²) in [4.78, 5) is 4.61. The van der Waals surface area contributed by atoms with Gasteiger partial charge in [-0.15, -0.1) is 11.3 Å². The van der Waals surface area contributed by atoms with Crippen LogP contribution in [0.3, 0.4) is 0 Å². The van der Waals surface area contributed by atoms with Gasteiger partial charge in [0.25, 0.3) is 10.0 Å². The van der Waals surface area contributed by atoms with Crippen molar-refractivity contribution in [2.45, 2.75) is 18.5 Å². The topological polar surface area (TPSA) is 89.5 Å². The molecule has 0 aliphatic carbocycles. The number of thiophene rings is 1. The van der Waals surface area contributed by atoms with Crippen molar-refractivity contribution < 1.29 is 8.42 Å². The minimum absolute atomic E-state index is 0.00151. The molecule has 0 unspecified atom stereocenters. The molecule has 3 N–H and O–H groups in total. The Bertz CT molecular complexity index is 859. The lowest BCUT2D eigenvalue weighted by atomic mass is 10.2. The van der Waals surface area contributed by atoms with E-state index in [1.807, 2.05) is 17.7 Å². The molecule has 0 saturated heterocycles. The van der Waals surface area contributed by atoms with Crippen molar-refractivity contribution in [3.05, 3.63) is 33.5 Å². The van der Waals surface area contributed by atoms with Crippen LogP contribution in [-0.2, 0) is 16.6 Å². The maximum Gasteiger partial charge on any atom is 0.260 e. The third kappa shape index (κ3) is 2.22. The summed E-state index contributed by atoms with van der Waals surface area (Å²) in [5.41, 5.74) is 7.75. The van der Waals surface area contributed by atoms with Crippen LogP contribution in [-0.4, -0.2) is 17.8 Å². The molecular formula is C11H12N4O2S3. The first-order chi connectivity index (χ1) is 9.49. The highest BCUT2D eigenvalue weighted by molar-refractivity contribution is 7.89. The summed E-state index contributed by atoms with van der Waals surface area (Å²) >= 11 is 2.88. The normalized spacial score (nSPS) is 12.2. The average molecular weight is 328 g/mol. The zero-order valence-corrected chi connectivity index (χ0v) is 13.0. The van der Waals surface area contributed by atoms with Gasteiger partial charge in [0.2, 0.25) is 0 Å². The largest absolute Gasteiger partial charge is 0.381 e. The highest BCUT2D eigenvalue weighted by Gasteiger charge is 2.24. The summed E-state index contributed by atoms with van der Waals surface area (Å²) in [6.45, 7) is 2.19. The number of anilines is 1. The van der Waals surface area contributed by atoms with Crippen molar-refractivity contribution in [1.82, 2.24) is 14.1 Å². The van der Waals surface area contributed by atoms with Crippen LogP contribution in [0, 0.1) is 6.92 Å². The van der Waals surface area contributed by atoms with E-state index in [0.29, 0.717) is 4.96 Å². The molecule has 0 fully saturated rings. The highest BCUT2D eigenvalue weighted by Crippen LogP contribution is 2.23. The van der Waals surface area contributed by atoms with E-state index in [1.54, 1.807) is 22.9 Å². The number of nitrogen functional groups attached to an aromatic ring is 1. The van der Waals surface area contributed by atoms with Crippen LogP contribution >= 0.6 is 22.7 Å². The van der Waals surface area contributed by atoms with E-state index in [-0.39, 0.29) is 17.4 Å². The minimum Gasteiger partial charge on any atom is -0.381 e. The molecule has 0 saturated carbocycles. The van der Waals surface area contributed by atoms with Crippen LogP contribution in [0.25, 0.3) is 4.96 Å². The van der Waals surface area contributed by atoms with E-state index in [1.165, 1.54) is 15.7 Å². The summed E-state index contributed by atoms with van der Waals surface area (Å²) in [6, 6.07) is 0. The van der Waals surface area contributed by atoms with Gasteiger partial charge in [-0.2, -0.15) is 11.3 Å². The standard InChI is InChI=1S/C11H12N4O2S3/c1-7-5-18-6-8(7)4-13-20(16,17)10-9(12)14-11-15(10)2-3-19-11/h2-3,5-6,13H,4,12H2,1H3. The molecular weight excluding hydrogens is 316 g/mol. The summed E-state index contributed by atoms with van der Waals surface area (Å²) in [5, 5.41) is 5.68. The van der Waals surface area contributed by atoms with Crippen molar-refractivity contribution in [2.75, 3.05) is 5.73 Å². The third-order valence-electron chi connectivity index (χ3n) is 2.91. The van der Waals surface area contributed by atoms with Gasteiger partial charge in [0.1, 0.15) is 0 Å². The summed E-state index contributed by atoms with van der Waals surface area (Å²) < 4.78 is 28.8. The fraction of sp³-hybridized carbons (Fsp3) is 0.182. The second kappa shape index (κ2) is 4.85. The lowest BCUT2D eigenvalue weighted by molar-refractivity contribution is 0.577. The quantitative estimate of drug-likeness (QED) is 0.764. The molecule has 0 aliphatic rings. The van der Waals surface area contributed by atoms with Crippen LogP contribution in [0.2, 0.25) is 0 Å². The van der Waals surface area contributed by atoms with Gasteiger partial charge in [-0.1, -0.05) is 0 Å². The number of nitrogens with zero attached hydrogens (tertiary/aromatic N) is 2. The molecule has 0 atom stereocenters. The Hall–Kier alpha value is -1.42. The molecule has 0 radical (unpaired) electrons. The summed E-state index contributed by atoms with van der Waals surface area (Å²) in [6.07, 6.45) is 1.65. The van der Waals surface area contributed by atoms with Crippen LogP contribution in [0.4, 0.5) is 5.82 Å². The number of hydrogen-bond acceptors (Lipinski definition) is 6. The molecule has 3 heterocycles. The molecule has 3 rings (SSSR count). The Morgan fingerprint density at radius 3 is 2.95 bits per heavy atom. The number of imidazole rings is 1. The Kier molecular flexibility index (Phi) is 3.28. The van der Waals surface area contributed by atoms with Gasteiger partial charge in [0, 0.05) is 18.1 Å². The fourth-order valence-electron chi connectivity index (χ4n) is 1.86. The van der Waals surface area contributed by atoms with Crippen molar-refractivity contribution >= 4 is 43.5 Å². The molecule has 0 aromatic carbocycles. The zero-order chi connectivity index (χ0) is 14.3. The first-order valence-electron chi connectivity index (χ1n) is 5.71. The first kappa shape index (κ1) is 13.6. The van der Waals surface area contributed by atoms with Gasteiger partial charge in [0.05, 0.1) is 0 Å². The third-order valence-corrected chi connectivity index (χ3v) is 6.02. The van der Waals surface area contributed by atoms with Gasteiger partial charge < -0.3 is 5.73 Å². The molecule has 106 valence electrons. The van der Waals surface area contributed by atoms with Crippen molar-refractivity contribution in [3.8, 4) is 0 Å². The number of fused-ring (bicyclic) bond motifs is 1. The Morgan fingerprint density at radius 1 is 1.45 bits per heavy atom. The maximum atomic E-state index is 12.4. The van der Waals surface area contributed by atoms with E-state index in [4.69, 9.17) is 5.73 Å². The SMILES string of the molecule is Cc1cscc1CNS(=O)(=O)c1c(N)nc2sccn12. The number of thiazole rings is 1. The second-order valence-corrected chi connectivity index (χ2v) is 7.56. The molecule has 3 aromatic rings. The lowest BCUT2D eigenvalue weighted by Gasteiger charge is -2.06. The molecule has 3 aromatic heterocycles. The fourth-order valence-corrected chi connectivity index (χ4v) is 4.70. The maximum absolute atomic E-state index is 12.4. The predicted octanol–water partition coefficient (Wildman–Crippen LogP) is 1.83. The highest BCUT2D eigenvalue weighted by atomic mass is 32.2. The zero-order valence-electron chi connectivity index (χ0n) is 10.5. The Morgan fingerprint density at radius 2 is 2.25 bits per heavy atom. The van der Waals surface area contributed by atoms with Gasteiger partial charge >= 0.3 is 0 Å². The number of aryl methyl sites for hydroxylation is 1. The average Bonchev–Trinajstić information content (AvgIpc) is 3.02. The van der Waals surface area contributed by atoms with Crippen LogP contribution in [0.1, 0.15) is 11.1 Å². The van der Waals surface area contributed by atoms with Crippen molar-refractivity contribution in [3.63, 3.8) is 0 Å². The van der Waals surface area contributed by atoms with Gasteiger partial charge in [0.15, 0.2) is 15.8 Å². The number of nitrogens with one attached hydrogen (secondary N) is 1. The van der Waals surface area contributed by atoms with Crippen LogP contribution in [0.5, 0.6) is 0 Å². The molecule has 0 aliphatic heterocycles. The number of rotatable bonds is 4. The Labute approximate surface area is 123 Å². The molecule has 0 amide bonds. The molecule has 20 heavy (non-hydrogen) atoms. The van der Waals surface area contributed by atoms with E-state index < -0.39 is 10.0 Å². The van der Waals surface area contributed by atoms with Crippen LogP contribution in [0.15, 0.2) is 27.4 Å². The summed E-state index contributed by atoms with van der Waals surface area (Å²) in [7, 11) is -3.70. The first-order valence-corrected chi connectivity index (χ1v) is 9.02. The van der Waals surface area contributed by atoms with Crippen LogP contribution < -0.4 is 10.5 Å². The monoisotopic (exact) mass is 328 g/mol. The molecule has 0 spiro atoms. The number of hydrogen-bond donors (Lipinski definition) is 2. The van der Waals surface area contributed by atoms with Gasteiger partial charge in [-0.25, -0.2) is 18.1 Å². The second-order valence-electron chi connectivity index (χ2n) is 4.26. The summed E-state index contributed by atoms with van der Waals surface area (Å²) in [5.74, 6) is 0.0198. The van der Waals surface area contributed by atoms with Crippen molar-refractivity contribution in [1.29, 1.82) is 0 Å².